The Morgan fingerprint density at radius 2 is 1.90 bits per heavy atom. The van der Waals surface area contributed by atoms with E-state index in [2.05, 4.69) is 10.6 Å². The molecule has 0 saturated carbocycles. The molecule has 0 fully saturated rings. The van der Waals surface area contributed by atoms with Gasteiger partial charge in [-0.1, -0.05) is 12.1 Å². The van der Waals surface area contributed by atoms with Crippen molar-refractivity contribution < 1.29 is 32.4 Å². The Hall–Kier alpha value is -3.63. The van der Waals surface area contributed by atoms with Gasteiger partial charge in [-0.2, -0.15) is 13.2 Å². The number of nitro benzene ring substituents is 1. The molecule has 2 rings (SSSR count). The predicted octanol–water partition coefficient (Wildman–Crippen LogP) is 3.03. The number of alkyl halides is 3. The molecule has 0 aromatic heterocycles. The lowest BCUT2D eigenvalue weighted by Gasteiger charge is -2.11. The highest BCUT2D eigenvalue weighted by atomic mass is 19.4. The zero-order valence-electron chi connectivity index (χ0n) is 14.9. The van der Waals surface area contributed by atoms with Crippen molar-refractivity contribution in [3.63, 3.8) is 0 Å². The lowest BCUT2D eigenvalue weighted by atomic mass is 10.1. The lowest BCUT2D eigenvalue weighted by molar-refractivity contribution is -0.384. The van der Waals surface area contributed by atoms with Gasteiger partial charge in [-0.05, 0) is 24.3 Å². The number of nitrogens with one attached hydrogen (secondary N) is 2. The van der Waals surface area contributed by atoms with Gasteiger partial charge >= 0.3 is 6.18 Å². The number of ether oxygens (including phenoxy) is 1. The van der Waals surface area contributed by atoms with Crippen LogP contribution in [0.5, 0.6) is 5.75 Å². The van der Waals surface area contributed by atoms with Crippen LogP contribution >= 0.6 is 0 Å². The maximum atomic E-state index is 12.7. The number of nitrogens with zero attached hydrogens (tertiary/aromatic N) is 1. The smallest absolute Gasteiger partial charge is 0.416 e. The SMILES string of the molecule is O=Cc1ccccc1OCC(=O)NCCNc1ccc(C(F)(F)F)cc1[N+](=O)[O-]. The minimum absolute atomic E-state index is 0.0306. The van der Waals surface area contributed by atoms with E-state index in [9.17, 15) is 32.9 Å². The molecule has 0 aliphatic rings. The molecule has 8 nitrogen and oxygen atoms in total. The molecule has 2 aromatic carbocycles. The number of hydrogen-bond acceptors (Lipinski definition) is 6. The Kier molecular flexibility index (Phi) is 7.12. The number of halogens is 3. The van der Waals surface area contributed by atoms with Gasteiger partial charge in [-0.25, -0.2) is 0 Å². The number of rotatable bonds is 9. The van der Waals surface area contributed by atoms with Crippen LogP contribution in [-0.4, -0.2) is 36.8 Å². The summed E-state index contributed by atoms with van der Waals surface area (Å²) in [5.74, 6) is -0.259. The van der Waals surface area contributed by atoms with Crippen molar-refractivity contribution in [2.24, 2.45) is 0 Å². The molecule has 0 saturated heterocycles. The summed E-state index contributed by atoms with van der Waals surface area (Å²) >= 11 is 0. The maximum absolute atomic E-state index is 12.7. The van der Waals surface area contributed by atoms with Crippen LogP contribution in [-0.2, 0) is 11.0 Å². The van der Waals surface area contributed by atoms with Gasteiger partial charge in [-0.15, -0.1) is 0 Å². The number of carbonyl (C=O) groups is 2. The van der Waals surface area contributed by atoms with Crippen molar-refractivity contribution in [1.29, 1.82) is 0 Å². The van der Waals surface area contributed by atoms with E-state index in [1.54, 1.807) is 12.1 Å². The van der Waals surface area contributed by atoms with E-state index < -0.39 is 28.3 Å². The molecule has 1 amide bonds. The van der Waals surface area contributed by atoms with Gasteiger partial charge in [0.15, 0.2) is 12.9 Å². The molecule has 0 radical (unpaired) electrons. The molecule has 0 aliphatic heterocycles. The van der Waals surface area contributed by atoms with Crippen molar-refractivity contribution in [3.05, 3.63) is 63.7 Å². The number of hydrogen-bond donors (Lipinski definition) is 2. The summed E-state index contributed by atoms with van der Waals surface area (Å²) in [4.78, 5) is 32.7. The minimum Gasteiger partial charge on any atom is -0.483 e. The summed E-state index contributed by atoms with van der Waals surface area (Å²) < 4.78 is 43.3. The summed E-state index contributed by atoms with van der Waals surface area (Å²) in [7, 11) is 0. The van der Waals surface area contributed by atoms with Gasteiger partial charge in [0.1, 0.15) is 11.4 Å². The zero-order valence-corrected chi connectivity index (χ0v) is 14.9. The van der Waals surface area contributed by atoms with Crippen molar-refractivity contribution in [3.8, 4) is 5.75 Å². The maximum Gasteiger partial charge on any atom is 0.416 e. The number of amides is 1. The van der Waals surface area contributed by atoms with Gasteiger partial charge in [0, 0.05) is 19.2 Å². The normalized spacial score (nSPS) is 10.9. The first-order chi connectivity index (χ1) is 13.7. The number of para-hydroxylation sites is 1. The molecular formula is C18H16F3N3O5. The van der Waals surface area contributed by atoms with Crippen molar-refractivity contribution in [2.75, 3.05) is 25.0 Å². The van der Waals surface area contributed by atoms with Gasteiger partial charge in [0.05, 0.1) is 16.1 Å². The Morgan fingerprint density at radius 3 is 2.55 bits per heavy atom. The molecule has 0 atom stereocenters. The Labute approximate surface area is 162 Å². The first-order valence-corrected chi connectivity index (χ1v) is 8.25. The lowest BCUT2D eigenvalue weighted by Crippen LogP contribution is -2.32. The van der Waals surface area contributed by atoms with E-state index in [-0.39, 0.29) is 36.7 Å². The van der Waals surface area contributed by atoms with Gasteiger partial charge in [0.2, 0.25) is 0 Å². The van der Waals surface area contributed by atoms with E-state index in [4.69, 9.17) is 4.74 Å². The third-order valence-electron chi connectivity index (χ3n) is 3.69. The molecule has 154 valence electrons. The van der Waals surface area contributed by atoms with Crippen LogP contribution in [0.2, 0.25) is 0 Å². The topological polar surface area (TPSA) is 111 Å². The second-order valence-corrected chi connectivity index (χ2v) is 5.71. The Balaban J connectivity index is 1.84. The molecule has 0 heterocycles. The van der Waals surface area contributed by atoms with E-state index in [0.29, 0.717) is 12.4 Å². The van der Waals surface area contributed by atoms with Crippen LogP contribution in [0, 0.1) is 10.1 Å². The van der Waals surface area contributed by atoms with Gasteiger partial charge in [0.25, 0.3) is 11.6 Å². The quantitative estimate of drug-likeness (QED) is 0.284. The molecule has 0 spiro atoms. The average Bonchev–Trinajstić information content (AvgIpc) is 2.69. The van der Waals surface area contributed by atoms with Crippen LogP contribution < -0.4 is 15.4 Å². The standard InChI is InChI=1S/C18H16F3N3O5/c19-18(20,21)13-5-6-14(15(9-13)24(27)28)22-7-8-23-17(26)11-29-16-4-2-1-3-12(16)10-25/h1-6,9-10,22H,7-8,11H2,(H,23,26). The number of anilines is 1. The van der Waals surface area contributed by atoms with Crippen molar-refractivity contribution in [2.45, 2.75) is 6.18 Å². The molecule has 2 aromatic rings. The summed E-state index contributed by atoms with van der Waals surface area (Å²) in [6.45, 7) is -0.288. The van der Waals surface area contributed by atoms with E-state index in [0.717, 1.165) is 12.1 Å². The summed E-state index contributed by atoms with van der Waals surface area (Å²) in [6, 6.07) is 8.47. The molecule has 11 heteroatoms. The average molecular weight is 411 g/mol. The molecule has 0 bridgehead atoms. The molecule has 29 heavy (non-hydrogen) atoms. The van der Waals surface area contributed by atoms with Crippen LogP contribution in [0.3, 0.4) is 0 Å². The highest BCUT2D eigenvalue weighted by Gasteiger charge is 2.32. The fraction of sp³-hybridized carbons (Fsp3) is 0.222. The molecule has 0 unspecified atom stereocenters. The van der Waals surface area contributed by atoms with Crippen LogP contribution in [0.25, 0.3) is 0 Å². The largest absolute Gasteiger partial charge is 0.483 e. The highest BCUT2D eigenvalue weighted by molar-refractivity contribution is 5.80. The Bertz CT molecular complexity index is 903. The number of benzene rings is 2. The van der Waals surface area contributed by atoms with Crippen molar-refractivity contribution in [1.82, 2.24) is 5.32 Å². The summed E-state index contributed by atoms with van der Waals surface area (Å²) in [5.41, 5.74) is -1.67. The fourth-order valence-electron chi connectivity index (χ4n) is 2.31. The molecular weight excluding hydrogens is 395 g/mol. The third-order valence-corrected chi connectivity index (χ3v) is 3.69. The number of aldehydes is 1. The second-order valence-electron chi connectivity index (χ2n) is 5.71. The first kappa shape index (κ1) is 21.7. The number of nitro groups is 1. The summed E-state index contributed by atoms with van der Waals surface area (Å²) in [5, 5.41) is 16.1. The third kappa shape index (κ3) is 6.19. The highest BCUT2D eigenvalue weighted by Crippen LogP contribution is 2.34. The fourth-order valence-corrected chi connectivity index (χ4v) is 2.31. The summed E-state index contributed by atoms with van der Waals surface area (Å²) in [6.07, 6.45) is -4.10. The predicted molar refractivity (Wildman–Crippen MR) is 96.9 cm³/mol. The Morgan fingerprint density at radius 1 is 1.17 bits per heavy atom. The second kappa shape index (κ2) is 9.53. The minimum atomic E-state index is -4.69. The molecule has 2 N–H and O–H groups in total. The van der Waals surface area contributed by atoms with E-state index in [1.165, 1.54) is 12.1 Å². The monoisotopic (exact) mass is 411 g/mol. The zero-order chi connectivity index (χ0) is 21.4. The van der Waals surface area contributed by atoms with E-state index >= 15 is 0 Å². The van der Waals surface area contributed by atoms with Crippen molar-refractivity contribution >= 4 is 23.6 Å². The molecule has 0 aliphatic carbocycles. The van der Waals surface area contributed by atoms with E-state index in [1.807, 2.05) is 0 Å². The van der Waals surface area contributed by atoms with Crippen LogP contribution in [0.1, 0.15) is 15.9 Å². The van der Waals surface area contributed by atoms with Crippen LogP contribution in [0.15, 0.2) is 42.5 Å². The van der Waals surface area contributed by atoms with Gasteiger partial charge in [-0.3, -0.25) is 19.7 Å². The van der Waals surface area contributed by atoms with Crippen LogP contribution in [0.4, 0.5) is 24.5 Å². The first-order valence-electron chi connectivity index (χ1n) is 8.25. The van der Waals surface area contributed by atoms with Gasteiger partial charge < -0.3 is 15.4 Å². The number of carbonyl (C=O) groups excluding carboxylic acids is 2.